The molecular formula is C15H29N3. The van der Waals surface area contributed by atoms with Gasteiger partial charge in [0, 0.05) is 12.7 Å². The standard InChI is InChI=1S/C15H29N3/c1-4-5-6-7-8-9-12-18-13-15(16-17-18)11-10-14(2)3/h13-14H,4-12H2,1-3H3. The van der Waals surface area contributed by atoms with E-state index in [0.717, 1.165) is 24.6 Å². The Morgan fingerprint density at radius 2 is 1.83 bits per heavy atom. The molecule has 104 valence electrons. The average molecular weight is 251 g/mol. The van der Waals surface area contributed by atoms with Gasteiger partial charge >= 0.3 is 0 Å². The molecule has 0 amide bonds. The van der Waals surface area contributed by atoms with E-state index in [2.05, 4.69) is 37.3 Å². The summed E-state index contributed by atoms with van der Waals surface area (Å²) in [7, 11) is 0. The molecule has 1 aromatic heterocycles. The second-order valence-electron chi connectivity index (χ2n) is 5.67. The van der Waals surface area contributed by atoms with E-state index in [4.69, 9.17) is 0 Å². The molecule has 3 nitrogen and oxygen atoms in total. The zero-order chi connectivity index (χ0) is 13.2. The first-order chi connectivity index (χ1) is 8.72. The third-order valence-corrected chi connectivity index (χ3v) is 3.30. The number of hydrogen-bond donors (Lipinski definition) is 0. The molecule has 0 fully saturated rings. The number of aromatic nitrogens is 3. The molecule has 0 radical (unpaired) electrons. The van der Waals surface area contributed by atoms with Crippen molar-refractivity contribution in [1.82, 2.24) is 15.0 Å². The monoisotopic (exact) mass is 251 g/mol. The summed E-state index contributed by atoms with van der Waals surface area (Å²) >= 11 is 0. The average Bonchev–Trinajstić information content (AvgIpc) is 2.79. The van der Waals surface area contributed by atoms with Crippen LogP contribution < -0.4 is 0 Å². The second-order valence-corrected chi connectivity index (χ2v) is 5.67. The quantitative estimate of drug-likeness (QED) is 0.583. The van der Waals surface area contributed by atoms with Crippen LogP contribution in [-0.4, -0.2) is 15.0 Å². The van der Waals surface area contributed by atoms with Crippen LogP contribution in [0.4, 0.5) is 0 Å². The van der Waals surface area contributed by atoms with Crippen molar-refractivity contribution in [2.45, 2.75) is 78.7 Å². The fourth-order valence-corrected chi connectivity index (χ4v) is 2.05. The molecule has 0 atom stereocenters. The van der Waals surface area contributed by atoms with Crippen LogP contribution in [0.15, 0.2) is 6.20 Å². The summed E-state index contributed by atoms with van der Waals surface area (Å²) in [5.41, 5.74) is 1.15. The fraction of sp³-hybridized carbons (Fsp3) is 0.867. The first-order valence-electron chi connectivity index (χ1n) is 7.61. The molecule has 0 N–H and O–H groups in total. The Balaban J connectivity index is 2.11. The summed E-state index contributed by atoms with van der Waals surface area (Å²) < 4.78 is 2.01. The van der Waals surface area contributed by atoms with Gasteiger partial charge in [0.1, 0.15) is 0 Å². The summed E-state index contributed by atoms with van der Waals surface area (Å²) in [5.74, 6) is 0.744. The van der Waals surface area contributed by atoms with Crippen molar-refractivity contribution in [3.8, 4) is 0 Å². The van der Waals surface area contributed by atoms with Crippen LogP contribution in [-0.2, 0) is 13.0 Å². The van der Waals surface area contributed by atoms with Gasteiger partial charge in [0.15, 0.2) is 0 Å². The largest absolute Gasteiger partial charge is 0.252 e. The lowest BCUT2D eigenvalue weighted by Crippen LogP contribution is -1.98. The molecule has 0 saturated heterocycles. The van der Waals surface area contributed by atoms with E-state index in [1.807, 2.05) is 4.68 Å². The molecular weight excluding hydrogens is 222 g/mol. The van der Waals surface area contributed by atoms with Crippen LogP contribution in [0.1, 0.15) is 71.4 Å². The molecule has 0 bridgehead atoms. The molecule has 1 aromatic rings. The molecule has 18 heavy (non-hydrogen) atoms. The predicted octanol–water partition coefficient (Wildman–Crippen LogP) is 4.23. The molecule has 0 aliphatic rings. The molecule has 0 spiro atoms. The Morgan fingerprint density at radius 3 is 2.56 bits per heavy atom. The zero-order valence-corrected chi connectivity index (χ0v) is 12.4. The summed E-state index contributed by atoms with van der Waals surface area (Å²) in [6.45, 7) is 7.79. The number of hydrogen-bond acceptors (Lipinski definition) is 2. The summed E-state index contributed by atoms with van der Waals surface area (Å²) in [5, 5.41) is 8.42. The topological polar surface area (TPSA) is 30.7 Å². The highest BCUT2D eigenvalue weighted by atomic mass is 15.4. The molecule has 0 aromatic carbocycles. The van der Waals surface area contributed by atoms with Gasteiger partial charge in [-0.25, -0.2) is 0 Å². The number of nitrogens with zero attached hydrogens (tertiary/aromatic N) is 3. The minimum Gasteiger partial charge on any atom is -0.252 e. The van der Waals surface area contributed by atoms with E-state index in [9.17, 15) is 0 Å². The van der Waals surface area contributed by atoms with E-state index in [1.54, 1.807) is 0 Å². The number of rotatable bonds is 10. The second kappa shape index (κ2) is 9.12. The summed E-state index contributed by atoms with van der Waals surface area (Å²) in [4.78, 5) is 0. The SMILES string of the molecule is CCCCCCCCn1cc(CCC(C)C)nn1. The highest BCUT2D eigenvalue weighted by Crippen LogP contribution is 2.08. The van der Waals surface area contributed by atoms with E-state index in [-0.39, 0.29) is 0 Å². The summed E-state index contributed by atoms with van der Waals surface area (Å²) in [6, 6.07) is 0. The highest BCUT2D eigenvalue weighted by molar-refractivity contribution is 4.92. The van der Waals surface area contributed by atoms with Crippen LogP contribution in [0.3, 0.4) is 0 Å². The Bertz CT molecular complexity index is 304. The molecule has 0 saturated carbocycles. The highest BCUT2D eigenvalue weighted by Gasteiger charge is 2.02. The molecule has 3 heteroatoms. The minimum atomic E-state index is 0.744. The van der Waals surface area contributed by atoms with Gasteiger partial charge in [-0.05, 0) is 25.2 Å². The maximum absolute atomic E-state index is 4.23. The van der Waals surface area contributed by atoms with Gasteiger partial charge in [-0.15, -0.1) is 5.10 Å². The van der Waals surface area contributed by atoms with Gasteiger partial charge < -0.3 is 0 Å². The first-order valence-corrected chi connectivity index (χ1v) is 7.61. The Morgan fingerprint density at radius 1 is 1.11 bits per heavy atom. The van der Waals surface area contributed by atoms with Crippen LogP contribution in [0.2, 0.25) is 0 Å². The lowest BCUT2D eigenvalue weighted by atomic mass is 10.1. The van der Waals surface area contributed by atoms with E-state index in [0.29, 0.717) is 0 Å². The van der Waals surface area contributed by atoms with Gasteiger partial charge in [0.2, 0.25) is 0 Å². The molecule has 1 rings (SSSR count). The van der Waals surface area contributed by atoms with Crippen LogP contribution in [0.25, 0.3) is 0 Å². The van der Waals surface area contributed by atoms with Crippen molar-refractivity contribution in [2.75, 3.05) is 0 Å². The van der Waals surface area contributed by atoms with Gasteiger partial charge in [0.25, 0.3) is 0 Å². The number of aryl methyl sites for hydroxylation is 2. The zero-order valence-electron chi connectivity index (χ0n) is 12.4. The number of unbranched alkanes of at least 4 members (excludes halogenated alkanes) is 5. The lowest BCUT2D eigenvalue weighted by molar-refractivity contribution is 0.516. The van der Waals surface area contributed by atoms with Crippen molar-refractivity contribution >= 4 is 0 Å². The molecule has 0 aliphatic carbocycles. The van der Waals surface area contributed by atoms with E-state index >= 15 is 0 Å². The molecule has 1 heterocycles. The van der Waals surface area contributed by atoms with E-state index in [1.165, 1.54) is 44.9 Å². The minimum absolute atomic E-state index is 0.744. The summed E-state index contributed by atoms with van der Waals surface area (Å²) in [6.07, 6.45) is 12.4. The van der Waals surface area contributed by atoms with Gasteiger partial charge in [0.05, 0.1) is 5.69 Å². The third kappa shape index (κ3) is 6.77. The molecule has 0 aliphatic heterocycles. The van der Waals surface area contributed by atoms with Gasteiger partial charge in [-0.2, -0.15) is 0 Å². The van der Waals surface area contributed by atoms with Crippen molar-refractivity contribution in [1.29, 1.82) is 0 Å². The van der Waals surface area contributed by atoms with Crippen molar-refractivity contribution in [3.05, 3.63) is 11.9 Å². The van der Waals surface area contributed by atoms with Crippen molar-refractivity contribution in [3.63, 3.8) is 0 Å². The van der Waals surface area contributed by atoms with Crippen molar-refractivity contribution in [2.24, 2.45) is 5.92 Å². The fourth-order valence-electron chi connectivity index (χ4n) is 2.05. The van der Waals surface area contributed by atoms with Crippen LogP contribution in [0.5, 0.6) is 0 Å². The normalized spacial score (nSPS) is 11.3. The maximum Gasteiger partial charge on any atom is 0.0827 e. The van der Waals surface area contributed by atoms with E-state index < -0.39 is 0 Å². The maximum atomic E-state index is 4.23. The van der Waals surface area contributed by atoms with Crippen LogP contribution in [0, 0.1) is 5.92 Å². The van der Waals surface area contributed by atoms with Crippen LogP contribution >= 0.6 is 0 Å². The Hall–Kier alpha value is -0.860. The predicted molar refractivity (Wildman–Crippen MR) is 76.6 cm³/mol. The lowest BCUT2D eigenvalue weighted by Gasteiger charge is -2.01. The van der Waals surface area contributed by atoms with Crippen molar-refractivity contribution < 1.29 is 0 Å². The first kappa shape index (κ1) is 15.2. The Kier molecular flexibility index (Phi) is 7.70. The van der Waals surface area contributed by atoms with Gasteiger partial charge in [-0.1, -0.05) is 58.1 Å². The molecule has 0 unspecified atom stereocenters. The van der Waals surface area contributed by atoms with Gasteiger partial charge in [-0.3, -0.25) is 4.68 Å². The third-order valence-electron chi connectivity index (χ3n) is 3.30. The smallest absolute Gasteiger partial charge is 0.0827 e. The Labute approximate surface area is 112 Å².